The van der Waals surface area contributed by atoms with Gasteiger partial charge in [-0.25, -0.2) is 0 Å². The normalized spacial score (nSPS) is 15.9. The van der Waals surface area contributed by atoms with E-state index in [0.29, 0.717) is 5.02 Å². The van der Waals surface area contributed by atoms with E-state index in [1.807, 2.05) is 12.1 Å². The maximum Gasteiger partial charge on any atom is 0.161 e. The number of amidine groups is 1. The maximum atomic E-state index is 6.19. The minimum atomic E-state index is 0.652. The van der Waals surface area contributed by atoms with Gasteiger partial charge < -0.3 is 5.32 Å². The molecule has 1 aliphatic rings. The second-order valence-corrected chi connectivity index (χ2v) is 5.59. The Morgan fingerprint density at radius 3 is 3.06 bits per heavy atom. The van der Waals surface area contributed by atoms with Crippen LogP contribution >= 0.6 is 35.1 Å². The van der Waals surface area contributed by atoms with Crippen molar-refractivity contribution in [2.45, 2.75) is 6.42 Å². The van der Waals surface area contributed by atoms with E-state index in [9.17, 15) is 0 Å². The Labute approximate surface area is 112 Å². The molecule has 3 rings (SSSR count). The molecule has 88 valence electrons. The molecule has 1 aromatic carbocycles. The number of thioether (sulfide) groups is 1. The van der Waals surface area contributed by atoms with E-state index in [2.05, 4.69) is 19.1 Å². The van der Waals surface area contributed by atoms with Crippen LogP contribution in [-0.2, 0) is 0 Å². The molecule has 0 aliphatic carbocycles. The Bertz CT molecular complexity index is 581. The Kier molecular flexibility index (Phi) is 3.17. The van der Waals surface area contributed by atoms with Crippen LogP contribution in [0.25, 0.3) is 11.0 Å². The van der Waals surface area contributed by atoms with Crippen LogP contribution in [0.4, 0.5) is 5.69 Å². The number of hydrogen-bond donors (Lipinski definition) is 1. The number of aliphatic imine (C=N–C) groups is 1. The van der Waals surface area contributed by atoms with Gasteiger partial charge in [0, 0.05) is 12.3 Å². The molecule has 2 heterocycles. The molecule has 17 heavy (non-hydrogen) atoms. The third-order valence-corrected chi connectivity index (χ3v) is 4.26. The molecule has 1 N–H and O–H groups in total. The molecule has 1 aliphatic heterocycles. The number of benzene rings is 1. The summed E-state index contributed by atoms with van der Waals surface area (Å²) in [4.78, 5) is 4.42. The van der Waals surface area contributed by atoms with Gasteiger partial charge in [0.25, 0.3) is 0 Å². The first kappa shape index (κ1) is 11.3. The molecular weight excluding hydrogens is 276 g/mol. The predicted octanol–water partition coefficient (Wildman–Crippen LogP) is 3.25. The van der Waals surface area contributed by atoms with Crippen molar-refractivity contribution in [3.05, 3.63) is 17.2 Å². The van der Waals surface area contributed by atoms with E-state index in [1.165, 1.54) is 11.7 Å². The lowest BCUT2D eigenvalue weighted by molar-refractivity contribution is 0.938. The van der Waals surface area contributed by atoms with Crippen LogP contribution in [0.5, 0.6) is 0 Å². The Balaban J connectivity index is 2.01. The predicted molar refractivity (Wildman–Crippen MR) is 75.4 cm³/mol. The average molecular weight is 285 g/mol. The van der Waals surface area contributed by atoms with E-state index in [4.69, 9.17) is 11.6 Å². The van der Waals surface area contributed by atoms with E-state index in [0.717, 1.165) is 40.6 Å². The number of fused-ring (bicyclic) bond motifs is 1. The summed E-state index contributed by atoms with van der Waals surface area (Å²) in [6.07, 6.45) is 1.13. The highest BCUT2D eigenvalue weighted by Gasteiger charge is 2.13. The monoisotopic (exact) mass is 284 g/mol. The molecule has 0 bridgehead atoms. The summed E-state index contributed by atoms with van der Waals surface area (Å²) in [7, 11) is 0. The lowest BCUT2D eigenvalue weighted by atomic mass is 10.2. The minimum absolute atomic E-state index is 0.652. The molecule has 0 saturated heterocycles. The van der Waals surface area contributed by atoms with Crippen molar-refractivity contribution in [3.63, 3.8) is 0 Å². The summed E-state index contributed by atoms with van der Waals surface area (Å²) >= 11 is 9.10. The largest absolute Gasteiger partial charge is 0.332 e. The number of anilines is 1. The average Bonchev–Trinajstić information content (AvgIpc) is 2.83. The molecule has 0 amide bonds. The number of rotatable bonds is 1. The SMILES string of the molecule is Clc1ccc2nsnc2c1NC1=NCCCS1. The smallest absolute Gasteiger partial charge is 0.161 e. The molecule has 0 fully saturated rings. The highest BCUT2D eigenvalue weighted by atomic mass is 35.5. The van der Waals surface area contributed by atoms with Gasteiger partial charge in [-0.1, -0.05) is 23.4 Å². The first-order valence-electron chi connectivity index (χ1n) is 5.19. The van der Waals surface area contributed by atoms with Gasteiger partial charge in [0.1, 0.15) is 11.0 Å². The summed E-state index contributed by atoms with van der Waals surface area (Å²) in [5, 5.41) is 4.83. The summed E-state index contributed by atoms with van der Waals surface area (Å²) in [6.45, 7) is 0.873. The van der Waals surface area contributed by atoms with Crippen molar-refractivity contribution in [1.29, 1.82) is 0 Å². The topological polar surface area (TPSA) is 50.2 Å². The molecule has 2 aromatic rings. The van der Waals surface area contributed by atoms with Crippen molar-refractivity contribution in [1.82, 2.24) is 8.75 Å². The zero-order valence-electron chi connectivity index (χ0n) is 8.81. The van der Waals surface area contributed by atoms with E-state index in [1.54, 1.807) is 11.8 Å². The third-order valence-electron chi connectivity index (χ3n) is 2.41. The minimum Gasteiger partial charge on any atom is -0.332 e. The molecule has 0 unspecified atom stereocenters. The molecule has 1 aromatic heterocycles. The Hall–Kier alpha value is -0.850. The maximum absolute atomic E-state index is 6.19. The van der Waals surface area contributed by atoms with Crippen LogP contribution in [0, 0.1) is 0 Å². The van der Waals surface area contributed by atoms with Crippen molar-refractivity contribution in [3.8, 4) is 0 Å². The molecule has 0 atom stereocenters. The van der Waals surface area contributed by atoms with Crippen LogP contribution in [0.15, 0.2) is 17.1 Å². The van der Waals surface area contributed by atoms with Gasteiger partial charge in [-0.15, -0.1) is 0 Å². The first-order valence-corrected chi connectivity index (χ1v) is 7.29. The van der Waals surface area contributed by atoms with Gasteiger partial charge in [0.15, 0.2) is 5.17 Å². The first-order chi connectivity index (χ1) is 8.34. The third kappa shape index (κ3) is 2.25. The molecule has 4 nitrogen and oxygen atoms in total. The summed E-state index contributed by atoms with van der Waals surface area (Å²) in [6, 6.07) is 3.71. The lowest BCUT2D eigenvalue weighted by Crippen LogP contribution is -2.13. The zero-order valence-corrected chi connectivity index (χ0v) is 11.2. The fourth-order valence-corrected chi connectivity index (χ4v) is 3.15. The fourth-order valence-electron chi connectivity index (χ4n) is 1.59. The van der Waals surface area contributed by atoms with E-state index < -0.39 is 0 Å². The number of nitrogens with one attached hydrogen (secondary N) is 1. The standard InChI is InChI=1S/C10H9ClN4S2/c11-6-2-3-7-9(15-17-14-7)8(6)13-10-12-4-1-5-16-10/h2-3H,1,4-5H2,(H,12,13). The Morgan fingerprint density at radius 2 is 2.24 bits per heavy atom. The second kappa shape index (κ2) is 4.80. The van der Waals surface area contributed by atoms with Crippen molar-refractivity contribution in [2.75, 3.05) is 17.6 Å². The molecule has 0 spiro atoms. The van der Waals surface area contributed by atoms with E-state index >= 15 is 0 Å². The summed E-state index contributed by atoms with van der Waals surface area (Å²) < 4.78 is 8.46. The van der Waals surface area contributed by atoms with Gasteiger partial charge in [-0.2, -0.15) is 8.75 Å². The highest BCUT2D eigenvalue weighted by molar-refractivity contribution is 8.14. The molecule has 0 radical (unpaired) electrons. The van der Waals surface area contributed by atoms with Crippen molar-refractivity contribution in [2.24, 2.45) is 4.99 Å². The number of halogens is 1. The van der Waals surface area contributed by atoms with Crippen molar-refractivity contribution >= 4 is 57.0 Å². The van der Waals surface area contributed by atoms with Gasteiger partial charge >= 0.3 is 0 Å². The van der Waals surface area contributed by atoms with Crippen LogP contribution < -0.4 is 5.32 Å². The Morgan fingerprint density at radius 1 is 1.29 bits per heavy atom. The number of hydrogen-bond acceptors (Lipinski definition) is 6. The number of nitrogens with zero attached hydrogens (tertiary/aromatic N) is 3. The van der Waals surface area contributed by atoms with Crippen LogP contribution in [-0.4, -0.2) is 26.2 Å². The highest BCUT2D eigenvalue weighted by Crippen LogP contribution is 2.31. The molecule has 0 saturated carbocycles. The summed E-state index contributed by atoms with van der Waals surface area (Å²) in [5.74, 6) is 1.09. The van der Waals surface area contributed by atoms with E-state index in [-0.39, 0.29) is 0 Å². The molecular formula is C10H9ClN4S2. The second-order valence-electron chi connectivity index (χ2n) is 3.57. The zero-order chi connectivity index (χ0) is 11.7. The lowest BCUT2D eigenvalue weighted by Gasteiger charge is -2.14. The quantitative estimate of drug-likeness (QED) is 0.873. The van der Waals surface area contributed by atoms with Crippen LogP contribution in [0.3, 0.4) is 0 Å². The van der Waals surface area contributed by atoms with Crippen LogP contribution in [0.2, 0.25) is 5.02 Å². The van der Waals surface area contributed by atoms with Gasteiger partial charge in [0.05, 0.1) is 22.4 Å². The molecule has 7 heteroatoms. The number of aromatic nitrogens is 2. The van der Waals surface area contributed by atoms with Gasteiger partial charge in [0.2, 0.25) is 0 Å². The fraction of sp³-hybridized carbons (Fsp3) is 0.300. The van der Waals surface area contributed by atoms with Crippen molar-refractivity contribution < 1.29 is 0 Å². The van der Waals surface area contributed by atoms with Crippen LogP contribution in [0.1, 0.15) is 6.42 Å². The van der Waals surface area contributed by atoms with Gasteiger partial charge in [-0.05, 0) is 18.6 Å². The summed E-state index contributed by atoms with van der Waals surface area (Å²) in [5.41, 5.74) is 2.49. The van der Waals surface area contributed by atoms with Gasteiger partial charge in [-0.3, -0.25) is 4.99 Å².